The summed E-state index contributed by atoms with van der Waals surface area (Å²) in [5, 5.41) is 0. The molecule has 6 heteroatoms. The molecule has 1 saturated carbocycles. The Bertz CT molecular complexity index is 658. The molecule has 1 aliphatic rings. The first kappa shape index (κ1) is 15.4. The van der Waals surface area contributed by atoms with Crippen molar-refractivity contribution in [1.82, 2.24) is 9.88 Å². The molecular weight excluding hydrogens is 302 g/mol. The number of halogens is 2. The maximum atomic E-state index is 12.7. The summed E-state index contributed by atoms with van der Waals surface area (Å²) in [6.45, 7) is -2.35. The lowest BCUT2D eigenvalue weighted by Gasteiger charge is -2.22. The molecule has 1 fully saturated rings. The maximum absolute atomic E-state index is 12.7. The molecule has 0 bridgehead atoms. The molecule has 1 heterocycles. The zero-order valence-electron chi connectivity index (χ0n) is 12.4. The lowest BCUT2D eigenvalue weighted by molar-refractivity contribution is -0.0498. The summed E-state index contributed by atoms with van der Waals surface area (Å²) in [5.41, 5.74) is 1.48. The van der Waals surface area contributed by atoms with Gasteiger partial charge in [-0.05, 0) is 54.8 Å². The minimum absolute atomic E-state index is 0.0451. The van der Waals surface area contributed by atoms with Gasteiger partial charge in [0.1, 0.15) is 5.75 Å². The molecule has 0 atom stereocenters. The highest BCUT2D eigenvalue weighted by atomic mass is 19.3. The van der Waals surface area contributed by atoms with Crippen molar-refractivity contribution in [2.45, 2.75) is 32.0 Å². The lowest BCUT2D eigenvalue weighted by atomic mass is 10.1. The normalized spacial score (nSPS) is 13.9. The monoisotopic (exact) mass is 318 g/mol. The molecule has 23 heavy (non-hydrogen) atoms. The third-order valence-electron chi connectivity index (χ3n) is 3.68. The molecule has 0 aliphatic heterocycles. The second-order valence-electron chi connectivity index (χ2n) is 5.42. The van der Waals surface area contributed by atoms with E-state index in [1.807, 2.05) is 17.0 Å². The molecule has 1 aromatic heterocycles. The fourth-order valence-electron chi connectivity index (χ4n) is 2.38. The Hall–Kier alpha value is -2.50. The molecule has 120 valence electrons. The van der Waals surface area contributed by atoms with Gasteiger partial charge >= 0.3 is 6.61 Å². The highest BCUT2D eigenvalue weighted by Gasteiger charge is 2.33. The van der Waals surface area contributed by atoms with E-state index in [4.69, 9.17) is 0 Å². The van der Waals surface area contributed by atoms with Crippen molar-refractivity contribution in [2.75, 3.05) is 0 Å². The maximum Gasteiger partial charge on any atom is 0.387 e. The second-order valence-corrected chi connectivity index (χ2v) is 5.42. The van der Waals surface area contributed by atoms with Gasteiger partial charge in [-0.3, -0.25) is 9.78 Å². The number of ether oxygens (including phenoxy) is 1. The second kappa shape index (κ2) is 6.73. The molecule has 1 aliphatic carbocycles. The smallest absolute Gasteiger partial charge is 0.387 e. The van der Waals surface area contributed by atoms with Crippen LogP contribution in [0.4, 0.5) is 8.78 Å². The van der Waals surface area contributed by atoms with E-state index in [-0.39, 0.29) is 17.7 Å². The van der Waals surface area contributed by atoms with Gasteiger partial charge in [0.25, 0.3) is 5.91 Å². The molecule has 0 saturated heterocycles. The van der Waals surface area contributed by atoms with E-state index >= 15 is 0 Å². The van der Waals surface area contributed by atoms with E-state index in [1.54, 1.807) is 12.4 Å². The van der Waals surface area contributed by atoms with Gasteiger partial charge < -0.3 is 9.64 Å². The van der Waals surface area contributed by atoms with Crippen molar-refractivity contribution in [3.05, 3.63) is 59.9 Å². The Labute approximate surface area is 132 Å². The Morgan fingerprint density at radius 2 is 1.83 bits per heavy atom. The number of alkyl halides is 2. The van der Waals surface area contributed by atoms with Crippen LogP contribution in [-0.4, -0.2) is 28.4 Å². The molecule has 0 radical (unpaired) electrons. The van der Waals surface area contributed by atoms with Crippen LogP contribution in [-0.2, 0) is 6.54 Å². The number of hydrogen-bond donors (Lipinski definition) is 0. The zero-order chi connectivity index (χ0) is 16.2. The van der Waals surface area contributed by atoms with Gasteiger partial charge in [0.15, 0.2) is 0 Å². The predicted octanol–water partition coefficient (Wildman–Crippen LogP) is 3.49. The summed E-state index contributed by atoms with van der Waals surface area (Å²) in [6.07, 6.45) is 5.37. The Balaban J connectivity index is 1.73. The number of carbonyl (C=O) groups is 1. The number of pyridine rings is 1. The van der Waals surface area contributed by atoms with Gasteiger partial charge in [-0.25, -0.2) is 0 Å². The van der Waals surface area contributed by atoms with Crippen LogP contribution in [0.1, 0.15) is 28.8 Å². The van der Waals surface area contributed by atoms with E-state index in [2.05, 4.69) is 9.72 Å². The van der Waals surface area contributed by atoms with Crippen molar-refractivity contribution >= 4 is 5.91 Å². The number of amides is 1. The van der Waals surface area contributed by atoms with Crippen molar-refractivity contribution < 1.29 is 18.3 Å². The highest BCUT2D eigenvalue weighted by Crippen LogP contribution is 2.30. The molecule has 1 amide bonds. The topological polar surface area (TPSA) is 42.4 Å². The molecule has 0 unspecified atom stereocenters. The van der Waals surface area contributed by atoms with Crippen molar-refractivity contribution in [3.63, 3.8) is 0 Å². The van der Waals surface area contributed by atoms with E-state index in [1.165, 1.54) is 24.3 Å². The standard InChI is InChI=1S/C17H16F2N2O2/c18-17(19)23-15-5-1-13(2-6-15)16(22)21(14-3-4-14)11-12-7-9-20-10-8-12/h1-2,5-10,14,17H,3-4,11H2. The van der Waals surface area contributed by atoms with Crippen LogP contribution in [0.5, 0.6) is 5.75 Å². The van der Waals surface area contributed by atoms with Crippen LogP contribution in [0.3, 0.4) is 0 Å². The molecule has 3 rings (SSSR count). The van der Waals surface area contributed by atoms with Gasteiger partial charge in [-0.15, -0.1) is 0 Å². The average molecular weight is 318 g/mol. The number of benzene rings is 1. The SMILES string of the molecule is O=C(c1ccc(OC(F)F)cc1)N(Cc1ccncc1)C1CC1. The largest absolute Gasteiger partial charge is 0.435 e. The lowest BCUT2D eigenvalue weighted by Crippen LogP contribution is -2.32. The zero-order valence-corrected chi connectivity index (χ0v) is 12.4. The summed E-state index contributed by atoms with van der Waals surface area (Å²) in [7, 11) is 0. The van der Waals surface area contributed by atoms with Crippen LogP contribution in [0.15, 0.2) is 48.8 Å². The summed E-state index contributed by atoms with van der Waals surface area (Å²) in [5.74, 6) is -0.0587. The van der Waals surface area contributed by atoms with Gasteiger partial charge in [0, 0.05) is 30.5 Å². The summed E-state index contributed by atoms with van der Waals surface area (Å²) < 4.78 is 28.6. The van der Waals surface area contributed by atoms with E-state index < -0.39 is 6.61 Å². The molecule has 0 spiro atoms. The van der Waals surface area contributed by atoms with Gasteiger partial charge in [-0.2, -0.15) is 8.78 Å². The number of rotatable bonds is 6. The molecular formula is C17H16F2N2O2. The predicted molar refractivity (Wildman–Crippen MR) is 80.2 cm³/mol. The highest BCUT2D eigenvalue weighted by molar-refractivity contribution is 5.94. The number of hydrogen-bond acceptors (Lipinski definition) is 3. The number of aromatic nitrogens is 1. The average Bonchev–Trinajstić information content (AvgIpc) is 3.38. The van der Waals surface area contributed by atoms with Gasteiger partial charge in [0.05, 0.1) is 0 Å². The third-order valence-corrected chi connectivity index (χ3v) is 3.68. The van der Waals surface area contributed by atoms with Crippen LogP contribution in [0.25, 0.3) is 0 Å². The van der Waals surface area contributed by atoms with E-state index in [0.29, 0.717) is 12.1 Å². The summed E-state index contributed by atoms with van der Waals surface area (Å²) >= 11 is 0. The number of carbonyl (C=O) groups excluding carboxylic acids is 1. The minimum Gasteiger partial charge on any atom is -0.435 e. The summed E-state index contributed by atoms with van der Waals surface area (Å²) in [6, 6.07) is 9.80. The van der Waals surface area contributed by atoms with Gasteiger partial charge in [-0.1, -0.05) is 0 Å². The van der Waals surface area contributed by atoms with Crippen molar-refractivity contribution in [3.8, 4) is 5.75 Å². The summed E-state index contributed by atoms with van der Waals surface area (Å²) in [4.78, 5) is 18.5. The number of nitrogens with zero attached hydrogens (tertiary/aromatic N) is 2. The van der Waals surface area contributed by atoms with Crippen LogP contribution in [0, 0.1) is 0 Å². The Morgan fingerprint density at radius 1 is 1.17 bits per heavy atom. The van der Waals surface area contributed by atoms with Crippen molar-refractivity contribution in [2.24, 2.45) is 0 Å². The first-order valence-electron chi connectivity index (χ1n) is 7.38. The molecule has 0 N–H and O–H groups in total. The molecule has 1 aromatic carbocycles. The Kier molecular flexibility index (Phi) is 4.50. The van der Waals surface area contributed by atoms with Crippen molar-refractivity contribution in [1.29, 1.82) is 0 Å². The van der Waals surface area contributed by atoms with E-state index in [9.17, 15) is 13.6 Å². The van der Waals surface area contributed by atoms with Crippen LogP contribution < -0.4 is 4.74 Å². The van der Waals surface area contributed by atoms with Crippen LogP contribution in [0.2, 0.25) is 0 Å². The minimum atomic E-state index is -2.87. The third kappa shape index (κ3) is 4.03. The first-order valence-corrected chi connectivity index (χ1v) is 7.38. The molecule has 4 nitrogen and oxygen atoms in total. The quantitative estimate of drug-likeness (QED) is 0.819. The first-order chi connectivity index (χ1) is 11.1. The van der Waals surface area contributed by atoms with Gasteiger partial charge in [0.2, 0.25) is 0 Å². The van der Waals surface area contributed by atoms with Crippen LogP contribution >= 0.6 is 0 Å². The fraction of sp³-hybridized carbons (Fsp3) is 0.294. The Morgan fingerprint density at radius 3 is 2.39 bits per heavy atom. The van der Waals surface area contributed by atoms with E-state index in [0.717, 1.165) is 18.4 Å². The fourth-order valence-corrected chi connectivity index (χ4v) is 2.38. The molecule has 2 aromatic rings.